The van der Waals surface area contributed by atoms with Crippen LogP contribution in [-0.2, 0) is 24.7 Å². The monoisotopic (exact) mass is 428 g/mol. The van der Waals surface area contributed by atoms with E-state index in [2.05, 4.69) is 5.32 Å². The average molecular weight is 429 g/mol. The molecule has 0 aliphatic carbocycles. The van der Waals surface area contributed by atoms with Crippen LogP contribution in [0.5, 0.6) is 0 Å². The van der Waals surface area contributed by atoms with Crippen LogP contribution in [0.1, 0.15) is 13.3 Å². The van der Waals surface area contributed by atoms with Gasteiger partial charge in [0.2, 0.25) is 15.9 Å². The number of amides is 1. The lowest BCUT2D eigenvalue weighted by Crippen LogP contribution is -2.44. The van der Waals surface area contributed by atoms with E-state index in [1.54, 1.807) is 6.92 Å². The molecule has 1 unspecified atom stereocenters. The van der Waals surface area contributed by atoms with Crippen LogP contribution in [0, 0.1) is 0 Å². The van der Waals surface area contributed by atoms with Crippen molar-refractivity contribution in [3.63, 3.8) is 0 Å². The second-order valence-electron chi connectivity index (χ2n) is 5.65. The minimum Gasteiger partial charge on any atom is -0.351 e. The average Bonchev–Trinajstić information content (AvgIpc) is 2.85. The Morgan fingerprint density at radius 2 is 2.04 bits per heavy atom. The minimum atomic E-state index is -4.02. The van der Waals surface area contributed by atoms with E-state index in [1.165, 1.54) is 18.2 Å². The van der Waals surface area contributed by atoms with Gasteiger partial charge in [-0.05, 0) is 18.6 Å². The zero-order valence-electron chi connectivity index (χ0n) is 13.4. The van der Waals surface area contributed by atoms with E-state index in [0.29, 0.717) is 6.42 Å². The van der Waals surface area contributed by atoms with Crippen molar-refractivity contribution < 1.29 is 21.6 Å². The molecule has 7 nitrogen and oxygen atoms in total. The Balaban J connectivity index is 2.13. The lowest BCUT2D eigenvalue weighted by molar-refractivity contribution is -0.121. The highest BCUT2D eigenvalue weighted by atomic mass is 35.5. The third-order valence-electron chi connectivity index (χ3n) is 3.80. The summed E-state index contributed by atoms with van der Waals surface area (Å²) in [5.41, 5.74) is 0. The number of halogens is 2. The number of benzene rings is 1. The highest BCUT2D eigenvalue weighted by Crippen LogP contribution is 2.30. The van der Waals surface area contributed by atoms with Crippen LogP contribution in [0.3, 0.4) is 0 Å². The minimum absolute atomic E-state index is 0.0197. The van der Waals surface area contributed by atoms with Crippen molar-refractivity contribution in [3.8, 4) is 0 Å². The predicted octanol–water partition coefficient (Wildman–Crippen LogP) is 1.31. The highest BCUT2D eigenvalue weighted by molar-refractivity contribution is 7.91. The van der Waals surface area contributed by atoms with Crippen molar-refractivity contribution in [2.75, 3.05) is 24.6 Å². The fraction of sp³-hybridized carbons (Fsp3) is 0.500. The largest absolute Gasteiger partial charge is 0.351 e. The first kappa shape index (κ1) is 20.4. The molecule has 1 heterocycles. The van der Waals surface area contributed by atoms with Crippen molar-refractivity contribution in [1.82, 2.24) is 9.62 Å². The summed E-state index contributed by atoms with van der Waals surface area (Å²) in [6, 6.07) is 3.74. The van der Waals surface area contributed by atoms with Gasteiger partial charge in [0.25, 0.3) is 0 Å². The maximum Gasteiger partial charge on any atom is 0.245 e. The normalized spacial score (nSPS) is 19.9. The molecule has 25 heavy (non-hydrogen) atoms. The lowest BCUT2D eigenvalue weighted by atomic mass is 10.2. The van der Waals surface area contributed by atoms with Gasteiger partial charge in [-0.2, -0.15) is 4.31 Å². The second kappa shape index (κ2) is 7.79. The number of rotatable bonds is 6. The number of likely N-dealkylation sites (N-methyl/N-ethyl adjacent to an activating group) is 1. The Kier molecular flexibility index (Phi) is 6.37. The number of carbonyl (C=O) groups excluding carboxylic acids is 1. The molecular weight excluding hydrogens is 411 g/mol. The van der Waals surface area contributed by atoms with Crippen molar-refractivity contribution >= 4 is 49.0 Å². The molecule has 1 saturated heterocycles. The molecular formula is C14H18Cl2N2O5S2. The fourth-order valence-corrected chi connectivity index (χ4v) is 6.35. The second-order valence-corrected chi connectivity index (χ2v) is 10.6. The van der Waals surface area contributed by atoms with Gasteiger partial charge < -0.3 is 5.32 Å². The van der Waals surface area contributed by atoms with Crippen LogP contribution in [0.2, 0.25) is 10.0 Å². The lowest BCUT2D eigenvalue weighted by Gasteiger charge is -2.22. The SMILES string of the molecule is CCN(CC(=O)NC1CCS(=O)(=O)C1)S(=O)(=O)c1cccc(Cl)c1Cl. The Labute approximate surface area is 157 Å². The van der Waals surface area contributed by atoms with E-state index < -0.39 is 38.4 Å². The molecule has 140 valence electrons. The molecule has 1 aromatic rings. The van der Waals surface area contributed by atoms with E-state index >= 15 is 0 Å². The van der Waals surface area contributed by atoms with Gasteiger partial charge in [-0.1, -0.05) is 36.2 Å². The number of nitrogens with one attached hydrogen (secondary N) is 1. The van der Waals surface area contributed by atoms with Gasteiger partial charge in [-0.3, -0.25) is 4.79 Å². The highest BCUT2D eigenvalue weighted by Gasteiger charge is 2.31. The molecule has 1 atom stereocenters. The van der Waals surface area contributed by atoms with Gasteiger partial charge in [-0.15, -0.1) is 0 Å². The zero-order valence-corrected chi connectivity index (χ0v) is 16.6. The van der Waals surface area contributed by atoms with Crippen LogP contribution in [-0.4, -0.2) is 57.7 Å². The molecule has 1 aliphatic rings. The predicted molar refractivity (Wildman–Crippen MR) is 96.1 cm³/mol. The van der Waals surface area contributed by atoms with Gasteiger partial charge in [0.05, 0.1) is 28.1 Å². The summed E-state index contributed by atoms with van der Waals surface area (Å²) in [5.74, 6) is -0.672. The standard InChI is InChI=1S/C14H18Cl2N2O5S2/c1-2-18(8-13(19)17-10-6-7-24(20,21)9-10)25(22,23)12-5-3-4-11(15)14(12)16/h3-5,10H,2,6-9H2,1H3,(H,17,19). The van der Waals surface area contributed by atoms with Gasteiger partial charge in [0.15, 0.2) is 9.84 Å². The van der Waals surface area contributed by atoms with E-state index in [9.17, 15) is 21.6 Å². The first-order valence-electron chi connectivity index (χ1n) is 7.51. The van der Waals surface area contributed by atoms with Crippen LogP contribution in [0.4, 0.5) is 0 Å². The van der Waals surface area contributed by atoms with Crippen molar-refractivity contribution in [1.29, 1.82) is 0 Å². The molecule has 2 rings (SSSR count). The van der Waals surface area contributed by atoms with E-state index in [1.807, 2.05) is 0 Å². The van der Waals surface area contributed by atoms with E-state index in [-0.39, 0.29) is 33.0 Å². The maximum absolute atomic E-state index is 12.7. The molecule has 0 aromatic heterocycles. The maximum atomic E-state index is 12.7. The summed E-state index contributed by atoms with van der Waals surface area (Å²) in [4.78, 5) is 12.0. The van der Waals surface area contributed by atoms with Gasteiger partial charge in [-0.25, -0.2) is 16.8 Å². The Hall–Kier alpha value is -0.870. The van der Waals surface area contributed by atoms with E-state index in [0.717, 1.165) is 4.31 Å². The number of nitrogens with zero attached hydrogens (tertiary/aromatic N) is 1. The van der Waals surface area contributed by atoms with Gasteiger partial charge in [0, 0.05) is 12.6 Å². The zero-order chi connectivity index (χ0) is 18.8. The molecule has 0 bridgehead atoms. The smallest absolute Gasteiger partial charge is 0.245 e. The fourth-order valence-electron chi connectivity index (χ4n) is 2.53. The first-order chi connectivity index (χ1) is 11.6. The number of carbonyl (C=O) groups is 1. The van der Waals surface area contributed by atoms with Crippen LogP contribution < -0.4 is 5.32 Å². The number of sulfonamides is 1. The molecule has 0 saturated carbocycles. The van der Waals surface area contributed by atoms with Gasteiger partial charge >= 0.3 is 0 Å². The quantitative estimate of drug-likeness (QED) is 0.735. The number of hydrogen-bond acceptors (Lipinski definition) is 5. The topological polar surface area (TPSA) is 101 Å². The number of hydrogen-bond donors (Lipinski definition) is 1. The van der Waals surface area contributed by atoms with Crippen molar-refractivity contribution in [2.24, 2.45) is 0 Å². The summed E-state index contributed by atoms with van der Waals surface area (Å²) in [6.45, 7) is 1.20. The summed E-state index contributed by atoms with van der Waals surface area (Å²) in [6.07, 6.45) is 0.326. The molecule has 1 amide bonds. The molecule has 11 heteroatoms. The van der Waals surface area contributed by atoms with Crippen LogP contribution in [0.15, 0.2) is 23.1 Å². The summed E-state index contributed by atoms with van der Waals surface area (Å²) in [7, 11) is -7.15. The first-order valence-corrected chi connectivity index (χ1v) is 11.5. The molecule has 1 aromatic carbocycles. The van der Waals surface area contributed by atoms with E-state index in [4.69, 9.17) is 23.2 Å². The van der Waals surface area contributed by atoms with Crippen molar-refractivity contribution in [3.05, 3.63) is 28.2 Å². The summed E-state index contributed by atoms with van der Waals surface area (Å²) in [5, 5.41) is 2.56. The Morgan fingerprint density at radius 3 is 2.60 bits per heavy atom. The Bertz CT molecular complexity index is 871. The molecule has 0 radical (unpaired) electrons. The van der Waals surface area contributed by atoms with Crippen LogP contribution in [0.25, 0.3) is 0 Å². The van der Waals surface area contributed by atoms with Crippen molar-refractivity contribution in [2.45, 2.75) is 24.3 Å². The summed E-state index contributed by atoms with van der Waals surface area (Å²) >= 11 is 11.8. The molecule has 1 aliphatic heterocycles. The van der Waals surface area contributed by atoms with Crippen LogP contribution >= 0.6 is 23.2 Å². The molecule has 0 spiro atoms. The third-order valence-corrected chi connectivity index (χ3v) is 8.47. The summed E-state index contributed by atoms with van der Waals surface area (Å²) < 4.78 is 49.3. The number of sulfone groups is 1. The molecule has 1 fully saturated rings. The molecule has 1 N–H and O–H groups in total. The van der Waals surface area contributed by atoms with Gasteiger partial charge in [0.1, 0.15) is 4.90 Å². The Morgan fingerprint density at radius 1 is 1.36 bits per heavy atom. The third kappa shape index (κ3) is 4.85.